The van der Waals surface area contributed by atoms with Crippen LogP contribution in [-0.2, 0) is 11.3 Å². The van der Waals surface area contributed by atoms with E-state index in [1.807, 2.05) is 5.38 Å². The van der Waals surface area contributed by atoms with E-state index in [0.717, 1.165) is 5.69 Å². The number of esters is 1. The number of methoxy groups -OCH3 is 1. The summed E-state index contributed by atoms with van der Waals surface area (Å²) < 4.78 is 4.72. The maximum atomic E-state index is 11.6. The van der Waals surface area contributed by atoms with Crippen molar-refractivity contribution in [1.29, 1.82) is 0 Å². The van der Waals surface area contributed by atoms with Gasteiger partial charge in [0, 0.05) is 16.1 Å². The number of anilines is 1. The summed E-state index contributed by atoms with van der Waals surface area (Å²) >= 11 is 7.40. The Morgan fingerprint density at radius 2 is 2.39 bits per heavy atom. The Morgan fingerprint density at radius 3 is 3.06 bits per heavy atom. The maximum absolute atomic E-state index is 11.6. The third-order valence-electron chi connectivity index (χ3n) is 2.33. The van der Waals surface area contributed by atoms with E-state index in [1.54, 1.807) is 23.7 Å². The van der Waals surface area contributed by atoms with Crippen LogP contribution in [0.2, 0.25) is 5.02 Å². The number of nitrogens with zero attached hydrogens (tertiary/aromatic N) is 1. The Kier molecular flexibility index (Phi) is 4.17. The van der Waals surface area contributed by atoms with Crippen molar-refractivity contribution in [3.63, 3.8) is 0 Å². The predicted octanol–water partition coefficient (Wildman–Crippen LogP) is 3.20. The molecule has 0 saturated heterocycles. The maximum Gasteiger partial charge on any atom is 0.340 e. The summed E-state index contributed by atoms with van der Waals surface area (Å²) in [5, 5.41) is 5.58. The summed E-state index contributed by atoms with van der Waals surface area (Å²) in [5.74, 6) is -0.418. The van der Waals surface area contributed by atoms with E-state index in [0.29, 0.717) is 22.8 Å². The lowest BCUT2D eigenvalue weighted by molar-refractivity contribution is 0.0602. The molecule has 2 aromatic rings. The van der Waals surface area contributed by atoms with E-state index in [2.05, 4.69) is 10.3 Å². The zero-order valence-electron chi connectivity index (χ0n) is 9.64. The lowest BCUT2D eigenvalue weighted by Gasteiger charge is -2.10. The molecule has 0 unspecified atom stereocenters. The molecule has 4 nitrogen and oxygen atoms in total. The molecule has 0 bridgehead atoms. The van der Waals surface area contributed by atoms with Gasteiger partial charge in [-0.1, -0.05) is 11.6 Å². The highest BCUT2D eigenvalue weighted by Crippen LogP contribution is 2.22. The molecule has 94 valence electrons. The van der Waals surface area contributed by atoms with E-state index < -0.39 is 5.97 Å². The molecule has 0 spiro atoms. The smallest absolute Gasteiger partial charge is 0.340 e. The Morgan fingerprint density at radius 1 is 1.56 bits per heavy atom. The Bertz CT molecular complexity index is 543. The van der Waals surface area contributed by atoms with Gasteiger partial charge in [0.05, 0.1) is 30.4 Å². The summed E-state index contributed by atoms with van der Waals surface area (Å²) in [4.78, 5) is 15.8. The molecule has 18 heavy (non-hydrogen) atoms. The van der Waals surface area contributed by atoms with Crippen molar-refractivity contribution < 1.29 is 9.53 Å². The van der Waals surface area contributed by atoms with Crippen molar-refractivity contribution >= 4 is 34.6 Å². The van der Waals surface area contributed by atoms with Gasteiger partial charge in [-0.25, -0.2) is 9.78 Å². The number of aromatic nitrogens is 1. The molecule has 2 rings (SSSR count). The largest absolute Gasteiger partial charge is 0.465 e. The monoisotopic (exact) mass is 282 g/mol. The molecule has 1 aromatic heterocycles. The number of ether oxygens (including phenoxy) is 1. The Balaban J connectivity index is 2.18. The fraction of sp³-hybridized carbons (Fsp3) is 0.167. The summed E-state index contributed by atoms with van der Waals surface area (Å²) in [6.45, 7) is 0.551. The predicted molar refractivity (Wildman–Crippen MR) is 72.2 cm³/mol. The van der Waals surface area contributed by atoms with E-state index in [9.17, 15) is 4.79 Å². The molecule has 0 aliphatic rings. The number of hydrogen-bond donors (Lipinski definition) is 1. The van der Waals surface area contributed by atoms with Gasteiger partial charge in [0.2, 0.25) is 0 Å². The van der Waals surface area contributed by atoms with Crippen LogP contribution >= 0.6 is 22.9 Å². The second kappa shape index (κ2) is 5.84. The Labute approximate surface area is 114 Å². The Hall–Kier alpha value is -1.59. The quantitative estimate of drug-likeness (QED) is 0.875. The normalized spacial score (nSPS) is 10.1. The van der Waals surface area contributed by atoms with Gasteiger partial charge in [-0.15, -0.1) is 11.3 Å². The fourth-order valence-corrected chi connectivity index (χ4v) is 2.19. The SMILES string of the molecule is COC(=O)c1cc(Cl)ccc1NCc1cscn1. The molecule has 0 amide bonds. The molecule has 1 heterocycles. The fourth-order valence-electron chi connectivity index (χ4n) is 1.46. The van der Waals surface area contributed by atoms with Crippen LogP contribution in [0.4, 0.5) is 5.69 Å². The molecule has 1 N–H and O–H groups in total. The number of benzene rings is 1. The van der Waals surface area contributed by atoms with Crippen molar-refractivity contribution in [3.05, 3.63) is 45.4 Å². The van der Waals surface area contributed by atoms with Gasteiger partial charge in [-0.3, -0.25) is 0 Å². The molecule has 0 atom stereocenters. The van der Waals surface area contributed by atoms with Crippen LogP contribution in [0.25, 0.3) is 0 Å². The summed E-state index contributed by atoms with van der Waals surface area (Å²) in [7, 11) is 1.34. The summed E-state index contributed by atoms with van der Waals surface area (Å²) in [6.07, 6.45) is 0. The molecule has 6 heteroatoms. The number of halogens is 1. The average Bonchev–Trinajstić information content (AvgIpc) is 2.89. The molecule has 0 saturated carbocycles. The van der Waals surface area contributed by atoms with Crippen LogP contribution < -0.4 is 5.32 Å². The van der Waals surface area contributed by atoms with E-state index in [1.165, 1.54) is 18.4 Å². The van der Waals surface area contributed by atoms with Crippen LogP contribution in [0.5, 0.6) is 0 Å². The first-order valence-corrected chi connectivity index (χ1v) is 6.51. The number of thiazole rings is 1. The zero-order valence-corrected chi connectivity index (χ0v) is 11.2. The lowest BCUT2D eigenvalue weighted by Crippen LogP contribution is -2.08. The number of nitrogens with one attached hydrogen (secondary N) is 1. The van der Waals surface area contributed by atoms with E-state index in [-0.39, 0.29) is 0 Å². The van der Waals surface area contributed by atoms with Crippen molar-refractivity contribution in [3.8, 4) is 0 Å². The molecule has 0 fully saturated rings. The zero-order chi connectivity index (χ0) is 13.0. The third kappa shape index (κ3) is 3.00. The highest BCUT2D eigenvalue weighted by molar-refractivity contribution is 7.07. The topological polar surface area (TPSA) is 51.2 Å². The number of carbonyl (C=O) groups is 1. The summed E-state index contributed by atoms with van der Waals surface area (Å²) in [5.41, 5.74) is 3.78. The first kappa shape index (κ1) is 12.9. The second-order valence-electron chi connectivity index (χ2n) is 3.51. The standard InChI is InChI=1S/C12H11ClN2O2S/c1-17-12(16)10-4-8(13)2-3-11(10)14-5-9-6-18-7-15-9/h2-4,6-7,14H,5H2,1H3. The van der Waals surface area contributed by atoms with Crippen LogP contribution in [-0.4, -0.2) is 18.1 Å². The van der Waals surface area contributed by atoms with Gasteiger partial charge in [0.15, 0.2) is 0 Å². The van der Waals surface area contributed by atoms with Crippen LogP contribution in [0.3, 0.4) is 0 Å². The van der Waals surface area contributed by atoms with Gasteiger partial charge in [-0.05, 0) is 18.2 Å². The van der Waals surface area contributed by atoms with Crippen molar-refractivity contribution in [2.75, 3.05) is 12.4 Å². The minimum absolute atomic E-state index is 0.417. The number of hydrogen-bond acceptors (Lipinski definition) is 5. The van der Waals surface area contributed by atoms with Gasteiger partial charge in [0.1, 0.15) is 0 Å². The summed E-state index contributed by atoms with van der Waals surface area (Å²) in [6, 6.07) is 5.05. The molecular weight excluding hydrogens is 272 g/mol. The highest BCUT2D eigenvalue weighted by Gasteiger charge is 2.12. The van der Waals surface area contributed by atoms with Gasteiger partial charge >= 0.3 is 5.97 Å². The molecule has 0 aliphatic carbocycles. The van der Waals surface area contributed by atoms with Crippen molar-refractivity contribution in [2.24, 2.45) is 0 Å². The van der Waals surface area contributed by atoms with Gasteiger partial charge in [-0.2, -0.15) is 0 Å². The van der Waals surface area contributed by atoms with Crippen LogP contribution in [0, 0.1) is 0 Å². The minimum Gasteiger partial charge on any atom is -0.465 e. The minimum atomic E-state index is -0.418. The van der Waals surface area contributed by atoms with Crippen LogP contribution in [0.1, 0.15) is 16.1 Å². The highest BCUT2D eigenvalue weighted by atomic mass is 35.5. The third-order valence-corrected chi connectivity index (χ3v) is 3.20. The molecule has 1 aromatic carbocycles. The number of carbonyl (C=O) groups excluding carboxylic acids is 1. The lowest BCUT2D eigenvalue weighted by atomic mass is 10.1. The molecule has 0 radical (unpaired) electrons. The van der Waals surface area contributed by atoms with Crippen molar-refractivity contribution in [1.82, 2.24) is 4.98 Å². The van der Waals surface area contributed by atoms with E-state index >= 15 is 0 Å². The van der Waals surface area contributed by atoms with Crippen LogP contribution in [0.15, 0.2) is 29.1 Å². The molecule has 0 aliphatic heterocycles. The van der Waals surface area contributed by atoms with Gasteiger partial charge < -0.3 is 10.1 Å². The van der Waals surface area contributed by atoms with E-state index in [4.69, 9.17) is 16.3 Å². The van der Waals surface area contributed by atoms with Gasteiger partial charge in [0.25, 0.3) is 0 Å². The molecular formula is C12H11ClN2O2S. The van der Waals surface area contributed by atoms with Crippen molar-refractivity contribution in [2.45, 2.75) is 6.54 Å². The number of rotatable bonds is 4. The average molecular weight is 283 g/mol. The first-order chi connectivity index (χ1) is 8.70. The first-order valence-electron chi connectivity index (χ1n) is 5.19. The second-order valence-corrected chi connectivity index (χ2v) is 4.67.